The van der Waals surface area contributed by atoms with Gasteiger partial charge in [-0.25, -0.2) is 4.90 Å². The van der Waals surface area contributed by atoms with Crippen LogP contribution in [0.4, 0.5) is 32.0 Å². The van der Waals surface area contributed by atoms with Gasteiger partial charge in [0.1, 0.15) is 23.0 Å². The Morgan fingerprint density at radius 1 is 0.459 bits per heavy atom. The minimum Gasteiger partial charge on any atom is -0.457 e. The van der Waals surface area contributed by atoms with Gasteiger partial charge in [0.25, 0.3) is 23.6 Å². The number of anilines is 1. The Bertz CT molecular complexity index is 3190. The van der Waals surface area contributed by atoms with Crippen LogP contribution in [0.3, 0.4) is 0 Å². The molecule has 6 aromatic carbocycles. The SMILES string of the molecule is Cc1ccc(Oc2ccc(C(C)(C)c3ccc(Oc4ccc(N5C(=O)c6ccc(C(c7ccc8c(c7)C(=O)N(C)C8=O)(C(F)(F)F)C(F)(F)F)cc6C5=O)cc4)c(C4CCCCC4)c3)cc2C2CCCCC2)cc1. The third-order valence-electron chi connectivity index (χ3n) is 15.8. The van der Waals surface area contributed by atoms with E-state index in [1.165, 1.54) is 42.5 Å². The molecule has 74 heavy (non-hydrogen) atoms. The number of hydrogen-bond donors (Lipinski definition) is 0. The molecule has 382 valence electrons. The van der Waals surface area contributed by atoms with Gasteiger partial charge in [-0.3, -0.25) is 24.1 Å². The van der Waals surface area contributed by atoms with Crippen molar-refractivity contribution in [3.8, 4) is 23.0 Å². The highest BCUT2D eigenvalue weighted by Gasteiger charge is 2.73. The van der Waals surface area contributed by atoms with Crippen molar-refractivity contribution in [3.63, 3.8) is 0 Å². The number of hydrogen-bond acceptors (Lipinski definition) is 6. The smallest absolute Gasteiger partial charge is 0.411 e. The number of rotatable bonds is 11. The molecular weight excluding hydrogens is 959 g/mol. The van der Waals surface area contributed by atoms with Gasteiger partial charge in [0.2, 0.25) is 5.41 Å². The van der Waals surface area contributed by atoms with Crippen LogP contribution in [0.5, 0.6) is 23.0 Å². The van der Waals surface area contributed by atoms with Gasteiger partial charge >= 0.3 is 12.4 Å². The summed E-state index contributed by atoms with van der Waals surface area (Å²) in [6, 6.07) is 30.4. The van der Waals surface area contributed by atoms with Gasteiger partial charge in [-0.15, -0.1) is 0 Å². The molecular formula is C60H54F6N2O6. The highest BCUT2D eigenvalue weighted by Crippen LogP contribution is 2.57. The molecule has 2 aliphatic heterocycles. The van der Waals surface area contributed by atoms with Gasteiger partial charge in [0, 0.05) is 12.5 Å². The number of fused-ring (bicyclic) bond motifs is 2. The predicted octanol–water partition coefficient (Wildman–Crippen LogP) is 15.4. The maximum atomic E-state index is 15.3. The van der Waals surface area contributed by atoms with Crippen molar-refractivity contribution >= 4 is 29.3 Å². The maximum Gasteiger partial charge on any atom is 0.411 e. The van der Waals surface area contributed by atoms with E-state index in [0.717, 1.165) is 92.3 Å². The molecule has 0 unspecified atom stereocenters. The molecule has 0 N–H and O–H groups in total. The average Bonchev–Trinajstić information content (AvgIpc) is 3.77. The molecule has 0 aromatic heterocycles. The first-order valence-corrected chi connectivity index (χ1v) is 25.1. The molecule has 0 atom stereocenters. The van der Waals surface area contributed by atoms with Crippen molar-refractivity contribution in [1.29, 1.82) is 0 Å². The Balaban J connectivity index is 0.934. The van der Waals surface area contributed by atoms with Gasteiger partial charge in [-0.1, -0.05) is 106 Å². The molecule has 0 radical (unpaired) electrons. The average molecular weight is 1010 g/mol. The summed E-state index contributed by atoms with van der Waals surface area (Å²) in [6.45, 7) is 6.52. The minimum absolute atomic E-state index is 0.0152. The van der Waals surface area contributed by atoms with E-state index in [0.29, 0.717) is 51.5 Å². The predicted molar refractivity (Wildman–Crippen MR) is 268 cm³/mol. The molecule has 0 bridgehead atoms. The number of carbonyl (C=O) groups excluding carboxylic acids is 4. The van der Waals surface area contributed by atoms with Crippen LogP contribution in [0.2, 0.25) is 0 Å². The molecule has 10 rings (SSSR count). The summed E-state index contributed by atoms with van der Waals surface area (Å²) in [7, 11) is 1.06. The quantitative estimate of drug-likeness (QED) is 0.0948. The lowest BCUT2D eigenvalue weighted by atomic mass is 9.71. The Morgan fingerprint density at radius 3 is 1.31 bits per heavy atom. The van der Waals surface area contributed by atoms with Crippen LogP contribution >= 0.6 is 0 Å². The summed E-state index contributed by atoms with van der Waals surface area (Å²) in [5, 5.41) is 0. The zero-order chi connectivity index (χ0) is 52.5. The highest BCUT2D eigenvalue weighted by molar-refractivity contribution is 6.34. The zero-order valence-electron chi connectivity index (χ0n) is 41.4. The molecule has 2 saturated carbocycles. The molecule has 2 aliphatic carbocycles. The molecule has 8 nitrogen and oxygen atoms in total. The van der Waals surface area contributed by atoms with E-state index < -0.39 is 74.6 Å². The number of benzene rings is 6. The van der Waals surface area contributed by atoms with Crippen LogP contribution in [-0.2, 0) is 10.8 Å². The summed E-state index contributed by atoms with van der Waals surface area (Å²) < 4.78 is 105. The second-order valence-corrected chi connectivity index (χ2v) is 20.7. The Kier molecular flexibility index (Phi) is 12.9. The molecule has 2 fully saturated rings. The zero-order valence-corrected chi connectivity index (χ0v) is 41.4. The third kappa shape index (κ3) is 8.63. The summed E-state index contributed by atoms with van der Waals surface area (Å²) in [4.78, 5) is 54.4. The van der Waals surface area contributed by atoms with E-state index in [1.807, 2.05) is 18.2 Å². The number of amides is 4. The Labute approximate surface area is 425 Å². The van der Waals surface area contributed by atoms with E-state index in [-0.39, 0.29) is 17.2 Å². The first-order valence-electron chi connectivity index (χ1n) is 25.1. The molecule has 0 saturated heterocycles. The van der Waals surface area contributed by atoms with Gasteiger partial charge in [-0.2, -0.15) is 26.3 Å². The normalized spacial score (nSPS) is 17.0. The minimum atomic E-state index is -6.08. The van der Waals surface area contributed by atoms with Crippen LogP contribution in [0.25, 0.3) is 0 Å². The molecule has 14 heteroatoms. The van der Waals surface area contributed by atoms with Crippen LogP contribution in [0.15, 0.2) is 121 Å². The number of aryl methyl sites for hydroxylation is 1. The lowest BCUT2D eigenvalue weighted by molar-refractivity contribution is -0.288. The second-order valence-electron chi connectivity index (χ2n) is 20.7. The second kappa shape index (κ2) is 18.9. The van der Waals surface area contributed by atoms with Crippen LogP contribution in [0, 0.1) is 6.92 Å². The summed E-state index contributed by atoms with van der Waals surface area (Å²) >= 11 is 0. The van der Waals surface area contributed by atoms with Gasteiger partial charge in [0.15, 0.2) is 0 Å². The van der Waals surface area contributed by atoms with Crippen molar-refractivity contribution in [2.45, 2.75) is 120 Å². The highest BCUT2D eigenvalue weighted by atomic mass is 19.4. The van der Waals surface area contributed by atoms with E-state index in [2.05, 4.69) is 63.2 Å². The summed E-state index contributed by atoms with van der Waals surface area (Å²) in [5.41, 5.74) is -4.28. The first kappa shape index (κ1) is 50.3. The molecule has 2 heterocycles. The van der Waals surface area contributed by atoms with Crippen LogP contribution in [0.1, 0.15) is 170 Å². The number of imide groups is 2. The number of halogens is 6. The summed E-state index contributed by atoms with van der Waals surface area (Å²) in [6.07, 6.45) is -1.11. The molecule has 0 spiro atoms. The third-order valence-corrected chi connectivity index (χ3v) is 15.8. The topological polar surface area (TPSA) is 93.2 Å². The number of alkyl halides is 6. The van der Waals surface area contributed by atoms with Gasteiger partial charge in [-0.05, 0) is 151 Å². The molecule has 4 aliphatic rings. The van der Waals surface area contributed by atoms with Crippen molar-refractivity contribution in [2.75, 3.05) is 11.9 Å². The number of carbonyl (C=O) groups is 4. The van der Waals surface area contributed by atoms with Crippen molar-refractivity contribution in [3.05, 3.63) is 183 Å². The van der Waals surface area contributed by atoms with Crippen LogP contribution in [-0.4, -0.2) is 47.9 Å². The lowest BCUT2D eigenvalue weighted by Crippen LogP contribution is -2.55. The fourth-order valence-electron chi connectivity index (χ4n) is 11.5. The van der Waals surface area contributed by atoms with Crippen molar-refractivity contribution in [1.82, 2.24) is 4.90 Å². The van der Waals surface area contributed by atoms with E-state index >= 15 is 26.3 Å². The fourth-order valence-corrected chi connectivity index (χ4v) is 11.5. The lowest BCUT2D eigenvalue weighted by Gasteiger charge is -2.38. The van der Waals surface area contributed by atoms with Gasteiger partial charge < -0.3 is 9.47 Å². The number of ether oxygens (including phenoxy) is 2. The van der Waals surface area contributed by atoms with Crippen molar-refractivity contribution < 1.29 is 55.0 Å². The van der Waals surface area contributed by atoms with Crippen LogP contribution < -0.4 is 14.4 Å². The van der Waals surface area contributed by atoms with Gasteiger partial charge in [0.05, 0.1) is 27.9 Å². The van der Waals surface area contributed by atoms with E-state index in [4.69, 9.17) is 9.47 Å². The first-order chi connectivity index (χ1) is 35.2. The molecule has 6 aromatic rings. The van der Waals surface area contributed by atoms with E-state index in [9.17, 15) is 19.2 Å². The van der Waals surface area contributed by atoms with Crippen molar-refractivity contribution in [2.24, 2.45) is 0 Å². The monoisotopic (exact) mass is 1010 g/mol. The Hall–Kier alpha value is -7.22. The molecule has 4 amide bonds. The number of nitrogens with zero attached hydrogens (tertiary/aromatic N) is 2. The maximum absolute atomic E-state index is 15.3. The summed E-state index contributed by atoms with van der Waals surface area (Å²) in [5.74, 6) is -0.717. The van der Waals surface area contributed by atoms with E-state index in [1.54, 1.807) is 12.1 Å². The Morgan fingerprint density at radius 2 is 0.851 bits per heavy atom. The largest absolute Gasteiger partial charge is 0.457 e. The fraction of sp³-hybridized carbons (Fsp3) is 0.333. The standard InChI is InChI=1S/C60H54F6N2O6/c1-35-15-23-43(24-16-35)73-51-29-19-38(31-47(51)36-11-7-5-8-12-36)57(2,3)39-20-30-52(48(32-39)37-13-9-6-10-14-37)74-44-25-21-42(22-26-44)68-55(71)46-28-18-41(34-50(46)56(68)72)58(59(61,62)63,60(64,65)66)40-17-27-45-49(33-40)54(70)67(4)53(45)69/h15-34,36-37H,5-14H2,1-4H3.